The lowest BCUT2D eigenvalue weighted by atomic mass is 9.83. The second-order valence-corrected chi connectivity index (χ2v) is 15.1. The first-order valence-corrected chi connectivity index (χ1v) is 24.7. The van der Waals surface area contributed by atoms with Gasteiger partial charge in [0.05, 0.1) is 39.3 Å². The number of para-hydroxylation sites is 3. The number of amides is 3. The molecule has 77 heavy (non-hydrogen) atoms. The lowest BCUT2D eigenvalue weighted by molar-refractivity contribution is 0.0952. The van der Waals surface area contributed by atoms with Crippen molar-refractivity contribution in [2.75, 3.05) is 21.1 Å². The third-order valence-electron chi connectivity index (χ3n) is 10.7. The van der Waals surface area contributed by atoms with Crippen molar-refractivity contribution < 1.29 is 39.3 Å². The minimum Gasteiger partial charge on any atom is -0.505 e. The summed E-state index contributed by atoms with van der Waals surface area (Å²) in [5, 5.41) is 64.2. The van der Waals surface area contributed by atoms with E-state index in [-0.39, 0.29) is 91.2 Å². The van der Waals surface area contributed by atoms with E-state index in [4.69, 9.17) is 0 Å². The molecule has 0 heterocycles. The van der Waals surface area contributed by atoms with Crippen molar-refractivity contribution in [1.29, 1.82) is 0 Å². The molecule has 394 valence electrons. The number of carbonyl (C=O) groups is 5. The number of nitrogens with zero attached hydrogens (tertiary/aromatic N) is 6. The maximum absolute atomic E-state index is 13.0. The Hall–Kier alpha value is -10.0. The van der Waals surface area contributed by atoms with Gasteiger partial charge in [0.2, 0.25) is 0 Å². The summed E-state index contributed by atoms with van der Waals surface area (Å²) in [5.41, 5.74) is 3.62. The van der Waals surface area contributed by atoms with Gasteiger partial charge in [-0.25, -0.2) is 0 Å². The molecular weight excluding hydrogens is 975 g/mol. The Kier molecular flexibility index (Phi) is 23.4. The summed E-state index contributed by atoms with van der Waals surface area (Å²) < 4.78 is 0. The summed E-state index contributed by atoms with van der Waals surface area (Å²) in [6, 6.07) is 48.3. The number of fused-ring (bicyclic) bond motifs is 3. The maximum Gasteiger partial charge on any atom is 0.254 e. The number of rotatable bonds is 9. The number of phenols is 3. The Morgan fingerprint density at radius 1 is 0.351 bits per heavy atom. The van der Waals surface area contributed by atoms with E-state index in [2.05, 4.69) is 46.6 Å². The molecule has 0 saturated heterocycles. The van der Waals surface area contributed by atoms with Crippen LogP contribution >= 0.6 is 0 Å². The third-order valence-corrected chi connectivity index (χ3v) is 10.7. The average Bonchev–Trinajstić information content (AvgIpc) is 3.50. The van der Waals surface area contributed by atoms with E-state index in [1.807, 2.05) is 102 Å². The van der Waals surface area contributed by atoms with E-state index in [1.165, 1.54) is 45.4 Å². The molecule has 8 aromatic rings. The number of nitrogens with one attached hydrogen (secondary N) is 3. The molecule has 1 aliphatic rings. The highest BCUT2D eigenvalue weighted by Crippen LogP contribution is 2.37. The van der Waals surface area contributed by atoms with Crippen LogP contribution < -0.4 is 16.0 Å². The van der Waals surface area contributed by atoms with Gasteiger partial charge >= 0.3 is 0 Å². The minimum atomic E-state index is -0.464. The van der Waals surface area contributed by atoms with Crippen molar-refractivity contribution in [2.24, 2.45) is 30.7 Å². The van der Waals surface area contributed by atoms with E-state index >= 15 is 0 Å². The zero-order valence-corrected chi connectivity index (χ0v) is 44.2. The van der Waals surface area contributed by atoms with Crippen molar-refractivity contribution in [3.63, 3.8) is 0 Å². The van der Waals surface area contributed by atoms with E-state index in [1.54, 1.807) is 84.9 Å². The van der Waals surface area contributed by atoms with Gasteiger partial charge in [0, 0.05) is 37.8 Å². The van der Waals surface area contributed by atoms with Gasteiger partial charge in [-0.15, -0.1) is 20.5 Å². The van der Waals surface area contributed by atoms with Gasteiger partial charge in [-0.3, -0.25) is 24.0 Å². The predicted molar refractivity (Wildman–Crippen MR) is 301 cm³/mol. The largest absolute Gasteiger partial charge is 0.505 e. The number of hydrogen-bond donors (Lipinski definition) is 6. The van der Waals surface area contributed by atoms with E-state index in [0.29, 0.717) is 22.5 Å². The topological polar surface area (TPSA) is 256 Å². The quantitative estimate of drug-likeness (QED) is 0.0756. The molecule has 1 aliphatic carbocycles. The zero-order valence-electron chi connectivity index (χ0n) is 44.2. The highest BCUT2D eigenvalue weighted by molar-refractivity contribution is 6.30. The zero-order chi connectivity index (χ0) is 56.4. The van der Waals surface area contributed by atoms with Gasteiger partial charge in [-0.1, -0.05) is 145 Å². The number of hydrogen-bond acceptors (Lipinski definition) is 14. The van der Waals surface area contributed by atoms with Crippen LogP contribution in [0.3, 0.4) is 0 Å². The number of aromatic hydroxyl groups is 3. The molecule has 9 rings (SSSR count). The first-order valence-electron chi connectivity index (χ1n) is 24.7. The predicted octanol–water partition coefficient (Wildman–Crippen LogP) is 14.5. The summed E-state index contributed by atoms with van der Waals surface area (Å²) in [7, 11) is 4.46. The lowest BCUT2D eigenvalue weighted by Crippen LogP contribution is -2.20. The summed E-state index contributed by atoms with van der Waals surface area (Å²) >= 11 is 0. The Bertz CT molecular complexity index is 3430. The van der Waals surface area contributed by atoms with Crippen LogP contribution in [0.1, 0.15) is 104 Å². The van der Waals surface area contributed by atoms with Crippen LogP contribution in [-0.4, -0.2) is 65.8 Å². The Balaban J connectivity index is 0.000000242. The fourth-order valence-corrected chi connectivity index (χ4v) is 7.06. The van der Waals surface area contributed by atoms with Gasteiger partial charge in [0.15, 0.2) is 28.8 Å². The fourth-order valence-electron chi connectivity index (χ4n) is 7.06. The highest BCUT2D eigenvalue weighted by atomic mass is 16.3. The smallest absolute Gasteiger partial charge is 0.254 e. The highest BCUT2D eigenvalue weighted by Gasteiger charge is 2.31. The molecule has 0 aromatic heterocycles. The van der Waals surface area contributed by atoms with E-state index < -0.39 is 5.91 Å². The van der Waals surface area contributed by atoms with Crippen molar-refractivity contribution in [3.05, 3.63) is 209 Å². The van der Waals surface area contributed by atoms with Gasteiger partial charge in [-0.2, -0.15) is 10.2 Å². The molecule has 0 atom stereocenters. The van der Waals surface area contributed by atoms with Crippen LogP contribution in [0.25, 0.3) is 10.8 Å². The first-order chi connectivity index (χ1) is 37.4. The van der Waals surface area contributed by atoms with Crippen LogP contribution in [0.5, 0.6) is 17.2 Å². The van der Waals surface area contributed by atoms with Crippen molar-refractivity contribution in [2.45, 2.75) is 41.5 Å². The number of carbonyl (C=O) groups excluding carboxylic acids is 5. The molecule has 0 aliphatic heterocycles. The van der Waals surface area contributed by atoms with Crippen LogP contribution in [0.4, 0.5) is 34.1 Å². The van der Waals surface area contributed by atoms with E-state index in [9.17, 15) is 39.3 Å². The van der Waals surface area contributed by atoms with E-state index in [0.717, 1.165) is 10.8 Å². The van der Waals surface area contributed by atoms with Gasteiger partial charge < -0.3 is 31.3 Å². The Morgan fingerprint density at radius 2 is 0.714 bits per heavy atom. The molecule has 0 bridgehead atoms. The summed E-state index contributed by atoms with van der Waals surface area (Å²) in [5.74, 6) is -2.45. The fraction of sp³-hybridized carbons (Fsp3) is 0.150. The van der Waals surface area contributed by atoms with Crippen molar-refractivity contribution >= 4 is 74.2 Å². The molecule has 0 unspecified atom stereocenters. The standard InChI is InChI=1S/C22H15N3O4.C18H15N3O2.C14H13N3O2.3C2H6/c1-23-22(29)15-9-5-11-17(20(15)27)25-24-16-10-4-8-14-18(16)21(28)13-7-3-2-6-12(13)19(14)26;1-19-18(23)15-7-4-8-16(17(15)22)21-20-14-10-9-12-5-2-3-6-13(12)11-14;1-15-14(19)11-8-5-9-12(13(11)18)17-16-10-6-3-2-4-7-10;3*1-2/h2-11,27H,1H3,(H,23,29);2-11,22H,1H3,(H,19,23);2-9,18H,1H3,(H,15,19);3*1-2H3. The number of ketones is 2. The van der Waals surface area contributed by atoms with Crippen LogP contribution in [0, 0.1) is 0 Å². The molecule has 6 N–H and O–H groups in total. The minimum absolute atomic E-state index is 0.0548. The average molecular weight is 1040 g/mol. The monoisotopic (exact) mass is 1040 g/mol. The SMILES string of the molecule is CC.CC.CC.CNC(=O)c1cccc(N=Nc2ccc3ccccc3c2)c1O.CNC(=O)c1cccc(N=Nc2cccc3c2C(=O)c2ccccc2C3=O)c1O.CNC(=O)c1cccc(N=Nc2ccccc2)c1O. The van der Waals surface area contributed by atoms with Crippen molar-refractivity contribution in [1.82, 2.24) is 16.0 Å². The molecule has 0 fully saturated rings. The maximum atomic E-state index is 13.0. The van der Waals surface area contributed by atoms with Gasteiger partial charge in [0.25, 0.3) is 17.7 Å². The first kappa shape index (κ1) is 59.5. The number of phenolic OH excluding ortho intramolecular Hbond substituents is 3. The molecule has 0 saturated carbocycles. The number of azo groups is 3. The summed E-state index contributed by atoms with van der Waals surface area (Å²) in [6.07, 6.45) is 0. The molecule has 0 radical (unpaired) electrons. The molecule has 0 spiro atoms. The molecule has 8 aromatic carbocycles. The van der Waals surface area contributed by atoms with Crippen molar-refractivity contribution in [3.8, 4) is 17.2 Å². The van der Waals surface area contributed by atoms with Crippen LogP contribution in [-0.2, 0) is 0 Å². The molecule has 3 amide bonds. The third kappa shape index (κ3) is 15.0. The molecule has 17 heteroatoms. The van der Waals surface area contributed by atoms with Gasteiger partial charge in [-0.05, 0) is 77.5 Å². The second kappa shape index (κ2) is 30.2. The van der Waals surface area contributed by atoms with Gasteiger partial charge in [0.1, 0.15) is 17.1 Å². The van der Waals surface area contributed by atoms with Crippen LogP contribution in [0.2, 0.25) is 0 Å². The van der Waals surface area contributed by atoms with Crippen LogP contribution in [0.15, 0.2) is 201 Å². The lowest BCUT2D eigenvalue weighted by Gasteiger charge is -2.18. The summed E-state index contributed by atoms with van der Waals surface area (Å²) in [4.78, 5) is 60.8. The molecule has 17 nitrogen and oxygen atoms in total. The normalized spacial score (nSPS) is 10.9. The number of benzene rings is 8. The second-order valence-electron chi connectivity index (χ2n) is 15.1. The molecular formula is C60H61N9O8. The Labute approximate surface area is 447 Å². The summed E-state index contributed by atoms with van der Waals surface area (Å²) in [6.45, 7) is 12.0. The Morgan fingerprint density at radius 3 is 1.19 bits per heavy atom.